The van der Waals surface area contributed by atoms with Crippen molar-refractivity contribution in [2.45, 2.75) is 6.92 Å². The van der Waals surface area contributed by atoms with Crippen molar-refractivity contribution in [2.24, 2.45) is 7.05 Å². The molecule has 1 aromatic heterocycles. The Hall–Kier alpha value is -2.50. The predicted octanol–water partition coefficient (Wildman–Crippen LogP) is 2.35. The maximum atomic E-state index is 11.1. The largest absolute Gasteiger partial charge is 0.496 e. The van der Waals surface area contributed by atoms with Gasteiger partial charge in [-0.1, -0.05) is 0 Å². The second-order valence-electron chi connectivity index (χ2n) is 4.20. The van der Waals surface area contributed by atoms with Crippen molar-refractivity contribution in [1.82, 2.24) is 9.78 Å². The van der Waals surface area contributed by atoms with Gasteiger partial charge in [0.1, 0.15) is 17.2 Å². The molecule has 0 unspecified atom stereocenters. The van der Waals surface area contributed by atoms with Crippen LogP contribution in [0, 0.1) is 6.92 Å². The number of carbonyl (C=O) groups is 1. The Labute approximate surface area is 116 Å². The fraction of sp³-hybridized carbons (Fsp3) is 0.286. The molecule has 0 aliphatic heterocycles. The molecule has 20 heavy (non-hydrogen) atoms. The minimum Gasteiger partial charge on any atom is -0.496 e. The van der Waals surface area contributed by atoms with Crippen LogP contribution in [0.25, 0.3) is 0 Å². The van der Waals surface area contributed by atoms with Crippen LogP contribution < -0.4 is 14.2 Å². The Morgan fingerprint density at radius 3 is 2.15 bits per heavy atom. The van der Waals surface area contributed by atoms with E-state index in [0.29, 0.717) is 34.4 Å². The standard InChI is InChI=1S/C14H16N2O4/c1-9-13(8-17)14(16(2)15-9)20-12-6-10(18-3)5-11(7-12)19-4/h5-8H,1-4H3. The summed E-state index contributed by atoms with van der Waals surface area (Å²) in [4.78, 5) is 11.1. The highest BCUT2D eigenvalue weighted by Gasteiger charge is 2.15. The summed E-state index contributed by atoms with van der Waals surface area (Å²) in [6.07, 6.45) is 0.731. The molecule has 6 heteroatoms. The molecule has 0 fully saturated rings. The number of methoxy groups -OCH3 is 2. The lowest BCUT2D eigenvalue weighted by atomic mass is 10.2. The van der Waals surface area contributed by atoms with Crippen molar-refractivity contribution < 1.29 is 19.0 Å². The number of ether oxygens (including phenoxy) is 3. The number of nitrogens with zero attached hydrogens (tertiary/aromatic N) is 2. The molecule has 1 heterocycles. The normalized spacial score (nSPS) is 10.2. The van der Waals surface area contributed by atoms with Gasteiger partial charge in [0.2, 0.25) is 5.88 Å². The van der Waals surface area contributed by atoms with Crippen LogP contribution in [0.4, 0.5) is 0 Å². The van der Waals surface area contributed by atoms with E-state index in [9.17, 15) is 4.79 Å². The van der Waals surface area contributed by atoms with Gasteiger partial charge in [-0.15, -0.1) is 0 Å². The molecule has 0 saturated heterocycles. The molecule has 106 valence electrons. The maximum absolute atomic E-state index is 11.1. The first-order valence-electron chi connectivity index (χ1n) is 5.98. The fourth-order valence-corrected chi connectivity index (χ4v) is 1.86. The highest BCUT2D eigenvalue weighted by atomic mass is 16.5. The SMILES string of the molecule is COc1cc(OC)cc(Oc2c(C=O)c(C)nn2C)c1. The molecule has 1 aromatic carbocycles. The minimum absolute atomic E-state index is 0.382. The van der Waals surface area contributed by atoms with Crippen LogP contribution in [-0.4, -0.2) is 30.3 Å². The molecule has 0 bridgehead atoms. The first-order chi connectivity index (χ1) is 9.58. The second-order valence-corrected chi connectivity index (χ2v) is 4.20. The van der Waals surface area contributed by atoms with Crippen LogP contribution in [0.15, 0.2) is 18.2 Å². The van der Waals surface area contributed by atoms with Gasteiger partial charge in [0.25, 0.3) is 0 Å². The summed E-state index contributed by atoms with van der Waals surface area (Å²) in [6.45, 7) is 1.75. The smallest absolute Gasteiger partial charge is 0.228 e. The minimum atomic E-state index is 0.382. The van der Waals surface area contributed by atoms with Gasteiger partial charge in [0.15, 0.2) is 6.29 Å². The second kappa shape index (κ2) is 5.64. The number of hydrogen-bond donors (Lipinski definition) is 0. The van der Waals surface area contributed by atoms with Crippen LogP contribution in [0.1, 0.15) is 16.1 Å². The van der Waals surface area contributed by atoms with E-state index in [-0.39, 0.29) is 0 Å². The third-order valence-corrected chi connectivity index (χ3v) is 2.87. The summed E-state index contributed by atoms with van der Waals surface area (Å²) >= 11 is 0. The van der Waals surface area contributed by atoms with Crippen molar-refractivity contribution in [3.8, 4) is 23.1 Å². The first kappa shape index (κ1) is 13.9. The van der Waals surface area contributed by atoms with E-state index in [0.717, 1.165) is 6.29 Å². The van der Waals surface area contributed by atoms with Gasteiger partial charge in [0.05, 0.1) is 25.5 Å². The quantitative estimate of drug-likeness (QED) is 0.784. The molecule has 0 spiro atoms. The van der Waals surface area contributed by atoms with Gasteiger partial charge in [-0.05, 0) is 6.92 Å². The van der Waals surface area contributed by atoms with Gasteiger partial charge in [0, 0.05) is 25.2 Å². The Bertz CT molecular complexity index is 612. The summed E-state index contributed by atoms with van der Waals surface area (Å²) in [6, 6.07) is 5.15. The molecule has 2 aromatic rings. The van der Waals surface area contributed by atoms with Crippen molar-refractivity contribution in [1.29, 1.82) is 0 Å². The highest BCUT2D eigenvalue weighted by molar-refractivity contribution is 5.80. The number of hydrogen-bond acceptors (Lipinski definition) is 5. The van der Waals surface area contributed by atoms with Gasteiger partial charge in [-0.3, -0.25) is 4.79 Å². The number of aryl methyl sites for hydroxylation is 2. The van der Waals surface area contributed by atoms with E-state index in [1.54, 1.807) is 46.4 Å². The molecule has 0 saturated carbocycles. The fourth-order valence-electron chi connectivity index (χ4n) is 1.86. The molecule has 6 nitrogen and oxygen atoms in total. The van der Waals surface area contributed by atoms with Crippen LogP contribution in [0.2, 0.25) is 0 Å². The Morgan fingerprint density at radius 2 is 1.65 bits per heavy atom. The Balaban J connectivity index is 2.41. The molecule has 2 rings (SSSR count). The monoisotopic (exact) mass is 276 g/mol. The molecule has 0 aliphatic carbocycles. The van der Waals surface area contributed by atoms with E-state index in [2.05, 4.69) is 5.10 Å². The van der Waals surface area contributed by atoms with Crippen molar-refractivity contribution >= 4 is 6.29 Å². The zero-order valence-electron chi connectivity index (χ0n) is 11.8. The van der Waals surface area contributed by atoms with E-state index in [4.69, 9.17) is 14.2 Å². The van der Waals surface area contributed by atoms with Crippen LogP contribution in [-0.2, 0) is 7.05 Å². The average molecular weight is 276 g/mol. The van der Waals surface area contributed by atoms with Gasteiger partial charge in [-0.25, -0.2) is 4.68 Å². The summed E-state index contributed by atoms with van der Waals surface area (Å²) in [5.74, 6) is 2.09. The predicted molar refractivity (Wildman–Crippen MR) is 73.0 cm³/mol. The summed E-state index contributed by atoms with van der Waals surface area (Å²) < 4.78 is 17.6. The summed E-state index contributed by atoms with van der Waals surface area (Å²) in [7, 11) is 4.83. The van der Waals surface area contributed by atoms with Gasteiger partial charge >= 0.3 is 0 Å². The van der Waals surface area contributed by atoms with Crippen LogP contribution >= 0.6 is 0 Å². The molecular weight excluding hydrogens is 260 g/mol. The first-order valence-corrected chi connectivity index (χ1v) is 5.98. The molecule has 0 N–H and O–H groups in total. The maximum Gasteiger partial charge on any atom is 0.228 e. The van der Waals surface area contributed by atoms with E-state index < -0.39 is 0 Å². The average Bonchev–Trinajstić information content (AvgIpc) is 2.72. The Morgan fingerprint density at radius 1 is 1.10 bits per heavy atom. The zero-order chi connectivity index (χ0) is 14.7. The van der Waals surface area contributed by atoms with E-state index in [1.807, 2.05) is 0 Å². The summed E-state index contributed by atoms with van der Waals surface area (Å²) in [5.41, 5.74) is 1.04. The number of carbonyl (C=O) groups excluding carboxylic acids is 1. The van der Waals surface area contributed by atoms with Crippen molar-refractivity contribution in [3.05, 3.63) is 29.5 Å². The third kappa shape index (κ3) is 2.59. The van der Waals surface area contributed by atoms with Crippen molar-refractivity contribution in [2.75, 3.05) is 14.2 Å². The lowest BCUT2D eigenvalue weighted by Gasteiger charge is -2.10. The molecular formula is C14H16N2O4. The number of aldehydes is 1. The van der Waals surface area contributed by atoms with Crippen molar-refractivity contribution in [3.63, 3.8) is 0 Å². The lowest BCUT2D eigenvalue weighted by molar-refractivity contribution is 0.112. The van der Waals surface area contributed by atoms with E-state index in [1.165, 1.54) is 4.68 Å². The van der Waals surface area contributed by atoms with Crippen LogP contribution in [0.5, 0.6) is 23.1 Å². The summed E-state index contributed by atoms with van der Waals surface area (Å²) in [5, 5.41) is 4.16. The highest BCUT2D eigenvalue weighted by Crippen LogP contribution is 2.32. The number of aromatic nitrogens is 2. The third-order valence-electron chi connectivity index (χ3n) is 2.87. The number of benzene rings is 1. The zero-order valence-corrected chi connectivity index (χ0v) is 11.8. The molecule has 0 amide bonds. The van der Waals surface area contributed by atoms with Gasteiger partial charge < -0.3 is 14.2 Å². The molecule has 0 radical (unpaired) electrons. The molecule has 0 atom stereocenters. The number of rotatable bonds is 5. The topological polar surface area (TPSA) is 62.6 Å². The Kier molecular flexibility index (Phi) is 3.93. The lowest BCUT2D eigenvalue weighted by Crippen LogP contribution is -1.97. The van der Waals surface area contributed by atoms with E-state index >= 15 is 0 Å². The van der Waals surface area contributed by atoms with Gasteiger partial charge in [-0.2, -0.15) is 5.10 Å². The molecule has 0 aliphatic rings. The van der Waals surface area contributed by atoms with Crippen LogP contribution in [0.3, 0.4) is 0 Å².